The van der Waals surface area contributed by atoms with Crippen LogP contribution < -0.4 is 5.32 Å². The first-order valence-corrected chi connectivity index (χ1v) is 6.44. The number of carboxylic acids is 1. The van der Waals surface area contributed by atoms with Crippen molar-refractivity contribution in [1.82, 2.24) is 10.2 Å². The topological polar surface area (TPSA) is 69.6 Å². The highest BCUT2D eigenvalue weighted by molar-refractivity contribution is 5.83. The summed E-state index contributed by atoms with van der Waals surface area (Å²) >= 11 is 0. The number of nitrogens with one attached hydrogen (secondary N) is 1. The van der Waals surface area contributed by atoms with E-state index in [1.165, 1.54) is 0 Å². The standard InChI is InChI=1S/C12H20N2O3/c15-11(16)8-9-4-3-7-14(9)12(17)10-5-1-2-6-13-10/h9-10,13H,1-8H2,(H,15,16)/t9?,10-/m0/s1. The second-order valence-electron chi connectivity index (χ2n) is 4.93. The molecular weight excluding hydrogens is 220 g/mol. The number of nitrogens with zero attached hydrogens (tertiary/aromatic N) is 1. The zero-order chi connectivity index (χ0) is 12.3. The summed E-state index contributed by atoms with van der Waals surface area (Å²) in [5.74, 6) is -0.709. The maximum Gasteiger partial charge on any atom is 0.305 e. The number of carboxylic acid groups (broad SMARTS) is 1. The molecule has 0 saturated carbocycles. The largest absolute Gasteiger partial charge is 0.481 e. The van der Waals surface area contributed by atoms with Gasteiger partial charge in [-0.25, -0.2) is 0 Å². The van der Waals surface area contributed by atoms with Gasteiger partial charge in [0, 0.05) is 12.6 Å². The predicted octanol–water partition coefficient (Wildman–Crippen LogP) is 0.594. The van der Waals surface area contributed by atoms with Crippen LogP contribution in [0.4, 0.5) is 0 Å². The number of rotatable bonds is 3. The van der Waals surface area contributed by atoms with Crippen molar-refractivity contribution >= 4 is 11.9 Å². The molecule has 0 bridgehead atoms. The van der Waals surface area contributed by atoms with Gasteiger partial charge in [0.15, 0.2) is 0 Å². The number of hydrogen-bond donors (Lipinski definition) is 2. The number of amides is 1. The third-order valence-corrected chi connectivity index (χ3v) is 3.68. The predicted molar refractivity (Wildman–Crippen MR) is 62.6 cm³/mol. The fourth-order valence-electron chi connectivity index (χ4n) is 2.80. The van der Waals surface area contributed by atoms with Crippen molar-refractivity contribution in [2.75, 3.05) is 13.1 Å². The van der Waals surface area contributed by atoms with E-state index in [9.17, 15) is 9.59 Å². The molecule has 0 aliphatic carbocycles. The van der Waals surface area contributed by atoms with E-state index >= 15 is 0 Å². The van der Waals surface area contributed by atoms with Crippen LogP contribution in [0.2, 0.25) is 0 Å². The summed E-state index contributed by atoms with van der Waals surface area (Å²) in [6.45, 7) is 1.61. The third kappa shape index (κ3) is 2.97. The zero-order valence-electron chi connectivity index (χ0n) is 10.0. The van der Waals surface area contributed by atoms with Crippen molar-refractivity contribution in [1.29, 1.82) is 0 Å². The molecule has 2 aliphatic heterocycles. The molecule has 0 aromatic carbocycles. The molecule has 5 nitrogen and oxygen atoms in total. The van der Waals surface area contributed by atoms with E-state index in [0.717, 1.165) is 45.2 Å². The minimum absolute atomic E-state index is 0.0818. The smallest absolute Gasteiger partial charge is 0.305 e. The normalized spacial score (nSPS) is 29.3. The van der Waals surface area contributed by atoms with Crippen LogP contribution >= 0.6 is 0 Å². The highest BCUT2D eigenvalue weighted by Crippen LogP contribution is 2.22. The molecule has 2 atom stereocenters. The maximum absolute atomic E-state index is 12.3. The number of hydrogen-bond acceptors (Lipinski definition) is 3. The van der Waals surface area contributed by atoms with E-state index in [2.05, 4.69) is 5.32 Å². The zero-order valence-corrected chi connectivity index (χ0v) is 10.0. The van der Waals surface area contributed by atoms with Gasteiger partial charge < -0.3 is 15.3 Å². The molecule has 5 heteroatoms. The second-order valence-corrected chi connectivity index (χ2v) is 4.93. The Kier molecular flexibility index (Phi) is 3.99. The molecule has 96 valence electrons. The van der Waals surface area contributed by atoms with Gasteiger partial charge in [0.25, 0.3) is 0 Å². The molecule has 17 heavy (non-hydrogen) atoms. The van der Waals surface area contributed by atoms with Crippen molar-refractivity contribution in [3.8, 4) is 0 Å². The van der Waals surface area contributed by atoms with Crippen molar-refractivity contribution in [3.05, 3.63) is 0 Å². The van der Waals surface area contributed by atoms with Crippen molar-refractivity contribution < 1.29 is 14.7 Å². The number of carbonyl (C=O) groups is 2. The van der Waals surface area contributed by atoms with Crippen LogP contribution in [0.15, 0.2) is 0 Å². The first-order chi connectivity index (χ1) is 8.18. The summed E-state index contributed by atoms with van der Waals surface area (Å²) < 4.78 is 0. The average molecular weight is 240 g/mol. The Hall–Kier alpha value is -1.10. The lowest BCUT2D eigenvalue weighted by Crippen LogP contribution is -2.50. The number of likely N-dealkylation sites (tertiary alicyclic amines) is 1. The van der Waals surface area contributed by atoms with Gasteiger partial charge >= 0.3 is 5.97 Å². The van der Waals surface area contributed by atoms with E-state index in [0.29, 0.717) is 0 Å². The van der Waals surface area contributed by atoms with Gasteiger partial charge in [0.2, 0.25) is 5.91 Å². The van der Waals surface area contributed by atoms with Gasteiger partial charge in [-0.3, -0.25) is 9.59 Å². The molecule has 2 rings (SSSR count). The van der Waals surface area contributed by atoms with Crippen LogP contribution in [0.25, 0.3) is 0 Å². The number of piperidine rings is 1. The Labute approximate surface area is 101 Å². The second kappa shape index (κ2) is 5.49. The van der Waals surface area contributed by atoms with Crippen LogP contribution in [0.1, 0.15) is 38.5 Å². The van der Waals surface area contributed by atoms with E-state index in [4.69, 9.17) is 5.11 Å². The number of aliphatic carboxylic acids is 1. The fraction of sp³-hybridized carbons (Fsp3) is 0.833. The molecule has 2 aliphatic rings. The summed E-state index contributed by atoms with van der Waals surface area (Å²) in [6.07, 6.45) is 4.93. The van der Waals surface area contributed by atoms with E-state index in [-0.39, 0.29) is 24.4 Å². The SMILES string of the molecule is O=C(O)CC1CCCN1C(=O)[C@@H]1CCCCN1. The quantitative estimate of drug-likeness (QED) is 0.757. The van der Waals surface area contributed by atoms with Gasteiger partial charge in [0.05, 0.1) is 12.5 Å². The van der Waals surface area contributed by atoms with E-state index in [1.54, 1.807) is 4.90 Å². The summed E-state index contributed by atoms with van der Waals surface area (Å²) in [5, 5.41) is 12.1. The molecule has 1 amide bonds. The van der Waals surface area contributed by atoms with Gasteiger partial charge in [-0.2, -0.15) is 0 Å². The Morgan fingerprint density at radius 1 is 1.24 bits per heavy atom. The van der Waals surface area contributed by atoms with Crippen LogP contribution in [-0.4, -0.2) is 47.1 Å². The van der Waals surface area contributed by atoms with Crippen LogP contribution in [-0.2, 0) is 9.59 Å². The molecule has 2 fully saturated rings. The number of carbonyl (C=O) groups excluding carboxylic acids is 1. The van der Waals surface area contributed by atoms with Crippen LogP contribution in [0.5, 0.6) is 0 Å². The summed E-state index contributed by atoms with van der Waals surface area (Å²) in [4.78, 5) is 24.8. The molecule has 1 unspecified atom stereocenters. The minimum Gasteiger partial charge on any atom is -0.481 e. The molecule has 2 N–H and O–H groups in total. The first-order valence-electron chi connectivity index (χ1n) is 6.44. The van der Waals surface area contributed by atoms with Gasteiger partial charge in [-0.15, -0.1) is 0 Å². The third-order valence-electron chi connectivity index (χ3n) is 3.68. The van der Waals surface area contributed by atoms with Gasteiger partial charge in [-0.05, 0) is 32.2 Å². The van der Waals surface area contributed by atoms with Crippen LogP contribution in [0.3, 0.4) is 0 Å². The molecule has 0 aromatic heterocycles. The molecule has 0 radical (unpaired) electrons. The molecular formula is C12H20N2O3. The lowest BCUT2D eigenvalue weighted by molar-refractivity contribution is -0.140. The minimum atomic E-state index is -0.814. The van der Waals surface area contributed by atoms with E-state index in [1.807, 2.05) is 0 Å². The lowest BCUT2D eigenvalue weighted by Gasteiger charge is -2.30. The lowest BCUT2D eigenvalue weighted by atomic mass is 10.0. The molecule has 0 spiro atoms. The highest BCUT2D eigenvalue weighted by Gasteiger charge is 2.34. The Bertz CT molecular complexity index is 300. The van der Waals surface area contributed by atoms with Crippen molar-refractivity contribution in [3.63, 3.8) is 0 Å². The Balaban J connectivity index is 1.94. The monoisotopic (exact) mass is 240 g/mol. The molecule has 2 saturated heterocycles. The molecule has 2 heterocycles. The van der Waals surface area contributed by atoms with Crippen molar-refractivity contribution in [2.45, 2.75) is 50.6 Å². The summed E-state index contributed by atoms with van der Waals surface area (Å²) in [6, 6.07) is -0.179. The highest BCUT2D eigenvalue weighted by atomic mass is 16.4. The first kappa shape index (κ1) is 12.4. The fourth-order valence-corrected chi connectivity index (χ4v) is 2.80. The Morgan fingerprint density at radius 2 is 2.06 bits per heavy atom. The summed E-state index contributed by atoms with van der Waals surface area (Å²) in [7, 11) is 0. The summed E-state index contributed by atoms with van der Waals surface area (Å²) in [5.41, 5.74) is 0. The van der Waals surface area contributed by atoms with E-state index < -0.39 is 5.97 Å². The molecule has 0 aromatic rings. The van der Waals surface area contributed by atoms with Gasteiger partial charge in [-0.1, -0.05) is 6.42 Å². The van der Waals surface area contributed by atoms with Crippen LogP contribution in [0, 0.1) is 0 Å². The average Bonchev–Trinajstić information content (AvgIpc) is 2.76. The van der Waals surface area contributed by atoms with Gasteiger partial charge in [0.1, 0.15) is 0 Å². The maximum atomic E-state index is 12.3. The Morgan fingerprint density at radius 3 is 2.71 bits per heavy atom. The van der Waals surface area contributed by atoms with Crippen molar-refractivity contribution in [2.24, 2.45) is 0 Å².